The molecule has 0 bridgehead atoms. The van der Waals surface area contributed by atoms with Crippen LogP contribution in [-0.2, 0) is 32.1 Å². The van der Waals surface area contributed by atoms with Gasteiger partial charge in [0, 0.05) is 37.6 Å². The quantitative estimate of drug-likeness (QED) is 0.404. The monoisotopic (exact) mass is 501 g/mol. The zero-order valence-corrected chi connectivity index (χ0v) is 21.3. The molecule has 9 nitrogen and oxygen atoms in total. The first-order valence-electron chi connectivity index (χ1n) is 11.9. The van der Waals surface area contributed by atoms with Gasteiger partial charge in [0.15, 0.2) is 0 Å². The average molecular weight is 502 g/mol. The first-order chi connectivity index (χ1) is 17.0. The van der Waals surface area contributed by atoms with E-state index >= 15 is 0 Å². The number of carbonyl (C=O) groups is 3. The molecular formula is C25H35N5O4S. The minimum absolute atomic E-state index is 0.0230. The van der Waals surface area contributed by atoms with E-state index in [0.29, 0.717) is 26.1 Å². The first-order valence-corrected chi connectivity index (χ1v) is 13.3. The molecule has 1 saturated heterocycles. The van der Waals surface area contributed by atoms with E-state index in [1.54, 1.807) is 24.3 Å². The Morgan fingerprint density at radius 3 is 2.80 bits per heavy atom. The Labute approximate surface area is 211 Å². The fraction of sp³-hybridized carbons (Fsp3) is 0.520. The Morgan fingerprint density at radius 2 is 2.11 bits per heavy atom. The number of nitrogens with zero attached hydrogens (tertiary/aromatic N) is 3. The molecule has 1 aliphatic heterocycles. The number of ether oxygens (including phenoxy) is 1. The topological polar surface area (TPSA) is 108 Å². The third-order valence-corrected chi connectivity index (χ3v) is 6.75. The van der Waals surface area contributed by atoms with E-state index in [4.69, 9.17) is 4.74 Å². The van der Waals surface area contributed by atoms with Crippen LogP contribution < -0.4 is 5.32 Å². The van der Waals surface area contributed by atoms with Gasteiger partial charge in [0.2, 0.25) is 11.8 Å². The molecule has 1 fully saturated rings. The fourth-order valence-electron chi connectivity index (χ4n) is 4.39. The molecule has 1 aromatic heterocycles. The summed E-state index contributed by atoms with van der Waals surface area (Å²) < 4.78 is 4.87. The summed E-state index contributed by atoms with van der Waals surface area (Å²) in [6.07, 6.45) is 7.82. The summed E-state index contributed by atoms with van der Waals surface area (Å²) in [5.41, 5.74) is 1.88. The van der Waals surface area contributed by atoms with Gasteiger partial charge in [-0.05, 0) is 36.8 Å². The molecule has 2 N–H and O–H groups in total. The summed E-state index contributed by atoms with van der Waals surface area (Å²) in [7, 11) is 1.33. The standard InChI is InChI=1S/C25H35N5O4S/c1-34-25(33)22(10-12-35-2)28-23(31)17-29(15-19-7-4-3-5-8-19)16-21-9-6-11-30(21)24(32)13-20-14-26-18-27-20/h3-5,7-8,14,18,21-22H,6,9-13,15-17H2,1-2H3,(H,26,27)(H,28,31)/t21-,22-/m0/s1. The van der Waals surface area contributed by atoms with Crippen LogP contribution in [-0.4, -0.2) is 88.4 Å². The van der Waals surface area contributed by atoms with Crippen LogP contribution in [0.3, 0.4) is 0 Å². The maximum atomic E-state index is 13.0. The molecule has 0 unspecified atom stereocenters. The first kappa shape index (κ1) is 26.7. The van der Waals surface area contributed by atoms with Crippen LogP contribution in [0.2, 0.25) is 0 Å². The van der Waals surface area contributed by atoms with Crippen molar-refractivity contribution in [1.82, 2.24) is 25.1 Å². The Kier molecular flexibility index (Phi) is 10.6. The third kappa shape index (κ3) is 8.40. The summed E-state index contributed by atoms with van der Waals surface area (Å²) in [4.78, 5) is 49.1. The molecule has 0 saturated carbocycles. The van der Waals surface area contributed by atoms with Crippen molar-refractivity contribution in [2.45, 2.75) is 44.3 Å². The lowest BCUT2D eigenvalue weighted by Gasteiger charge is -2.31. The van der Waals surface area contributed by atoms with E-state index < -0.39 is 12.0 Å². The number of likely N-dealkylation sites (tertiary alicyclic amines) is 1. The van der Waals surface area contributed by atoms with Crippen LogP contribution >= 0.6 is 11.8 Å². The van der Waals surface area contributed by atoms with Gasteiger partial charge in [0.05, 0.1) is 26.4 Å². The van der Waals surface area contributed by atoms with Gasteiger partial charge in [0.25, 0.3) is 0 Å². The van der Waals surface area contributed by atoms with Crippen LogP contribution in [0.5, 0.6) is 0 Å². The van der Waals surface area contributed by atoms with E-state index in [0.717, 1.165) is 29.9 Å². The predicted octanol–water partition coefficient (Wildman–Crippen LogP) is 1.86. The highest BCUT2D eigenvalue weighted by Crippen LogP contribution is 2.20. The Balaban J connectivity index is 1.67. The molecule has 0 aliphatic carbocycles. The molecule has 190 valence electrons. The fourth-order valence-corrected chi connectivity index (χ4v) is 4.87. The molecule has 1 aliphatic rings. The van der Waals surface area contributed by atoms with Gasteiger partial charge in [0.1, 0.15) is 6.04 Å². The lowest BCUT2D eigenvalue weighted by molar-refractivity contribution is -0.145. The van der Waals surface area contributed by atoms with Crippen LogP contribution in [0.25, 0.3) is 0 Å². The van der Waals surface area contributed by atoms with Crippen molar-refractivity contribution in [2.24, 2.45) is 0 Å². The van der Waals surface area contributed by atoms with Crippen molar-refractivity contribution >= 4 is 29.5 Å². The molecule has 10 heteroatoms. The highest BCUT2D eigenvalue weighted by atomic mass is 32.2. The number of nitrogens with one attached hydrogen (secondary N) is 2. The van der Waals surface area contributed by atoms with Crippen molar-refractivity contribution in [3.8, 4) is 0 Å². The van der Waals surface area contributed by atoms with Gasteiger partial charge in [-0.2, -0.15) is 11.8 Å². The van der Waals surface area contributed by atoms with Crippen LogP contribution in [0, 0.1) is 0 Å². The van der Waals surface area contributed by atoms with Crippen LogP contribution in [0.4, 0.5) is 0 Å². The minimum atomic E-state index is -0.669. The molecule has 3 rings (SSSR count). The summed E-state index contributed by atoms with van der Waals surface area (Å²) in [6, 6.07) is 9.30. The number of hydrogen-bond acceptors (Lipinski definition) is 7. The van der Waals surface area contributed by atoms with Crippen LogP contribution in [0.1, 0.15) is 30.5 Å². The Hall–Kier alpha value is -2.85. The highest BCUT2D eigenvalue weighted by Gasteiger charge is 2.31. The third-order valence-electron chi connectivity index (χ3n) is 6.11. The number of hydrogen-bond donors (Lipinski definition) is 2. The predicted molar refractivity (Wildman–Crippen MR) is 136 cm³/mol. The molecular weight excluding hydrogens is 466 g/mol. The van der Waals surface area contributed by atoms with Crippen molar-refractivity contribution in [1.29, 1.82) is 0 Å². The molecule has 0 spiro atoms. The number of carbonyl (C=O) groups excluding carboxylic acids is 3. The van der Waals surface area contributed by atoms with Gasteiger partial charge in [-0.1, -0.05) is 30.3 Å². The van der Waals surface area contributed by atoms with Gasteiger partial charge in [-0.15, -0.1) is 0 Å². The number of imidazole rings is 1. The number of aromatic amines is 1. The molecule has 35 heavy (non-hydrogen) atoms. The number of H-pyrrole nitrogens is 1. The normalized spacial score (nSPS) is 16.3. The number of methoxy groups -OCH3 is 1. The zero-order chi connectivity index (χ0) is 25.0. The van der Waals surface area contributed by atoms with E-state index in [-0.39, 0.29) is 30.8 Å². The van der Waals surface area contributed by atoms with E-state index in [1.165, 1.54) is 7.11 Å². The zero-order valence-electron chi connectivity index (χ0n) is 20.4. The maximum absolute atomic E-state index is 13.0. The lowest BCUT2D eigenvalue weighted by atomic mass is 10.1. The number of thioether (sulfide) groups is 1. The van der Waals surface area contributed by atoms with E-state index in [9.17, 15) is 14.4 Å². The molecule has 2 heterocycles. The van der Waals surface area contributed by atoms with E-state index in [1.807, 2.05) is 41.5 Å². The maximum Gasteiger partial charge on any atom is 0.328 e. The number of esters is 1. The van der Waals surface area contributed by atoms with Gasteiger partial charge in [-0.3, -0.25) is 14.5 Å². The second-order valence-electron chi connectivity index (χ2n) is 8.72. The van der Waals surface area contributed by atoms with Crippen molar-refractivity contribution < 1.29 is 19.1 Å². The van der Waals surface area contributed by atoms with Crippen molar-refractivity contribution in [3.63, 3.8) is 0 Å². The smallest absolute Gasteiger partial charge is 0.328 e. The largest absolute Gasteiger partial charge is 0.467 e. The molecule has 0 radical (unpaired) electrons. The lowest BCUT2D eigenvalue weighted by Crippen LogP contribution is -2.49. The summed E-state index contributed by atoms with van der Waals surface area (Å²) >= 11 is 1.61. The molecule has 2 atom stereocenters. The van der Waals surface area contributed by atoms with Gasteiger partial charge < -0.3 is 19.9 Å². The summed E-state index contributed by atoms with van der Waals surface area (Å²) in [6.45, 7) is 1.98. The van der Waals surface area contributed by atoms with Gasteiger partial charge >= 0.3 is 5.97 Å². The second kappa shape index (κ2) is 13.9. The number of amides is 2. The Bertz CT molecular complexity index is 941. The molecule has 2 aromatic rings. The minimum Gasteiger partial charge on any atom is -0.467 e. The van der Waals surface area contributed by atoms with E-state index in [2.05, 4.69) is 20.2 Å². The summed E-state index contributed by atoms with van der Waals surface area (Å²) in [5, 5.41) is 2.85. The van der Waals surface area contributed by atoms with Crippen molar-refractivity contribution in [2.75, 3.05) is 38.8 Å². The van der Waals surface area contributed by atoms with Gasteiger partial charge in [-0.25, -0.2) is 9.78 Å². The molecule has 1 aromatic carbocycles. The molecule has 2 amide bonds. The SMILES string of the molecule is COC(=O)[C@H](CCSC)NC(=O)CN(Cc1ccccc1)C[C@@H]1CCCN1C(=O)Cc1cnc[nH]1. The number of rotatable bonds is 13. The summed E-state index contributed by atoms with van der Waals surface area (Å²) in [5.74, 6) is 0.131. The van der Waals surface area contributed by atoms with Crippen molar-refractivity contribution in [3.05, 3.63) is 54.1 Å². The Morgan fingerprint density at radius 1 is 1.31 bits per heavy atom. The number of benzene rings is 1. The second-order valence-corrected chi connectivity index (χ2v) is 9.70. The highest BCUT2D eigenvalue weighted by molar-refractivity contribution is 7.98. The number of aromatic nitrogens is 2. The van der Waals surface area contributed by atoms with Crippen LogP contribution in [0.15, 0.2) is 42.9 Å². The average Bonchev–Trinajstić information content (AvgIpc) is 3.54.